The van der Waals surface area contributed by atoms with Crippen molar-refractivity contribution in [2.75, 3.05) is 11.9 Å². The van der Waals surface area contributed by atoms with Crippen LogP contribution < -0.4 is 10.1 Å². The minimum absolute atomic E-state index is 0.543. The second-order valence-electron chi connectivity index (χ2n) is 8.25. The summed E-state index contributed by atoms with van der Waals surface area (Å²) >= 11 is 0. The quantitative estimate of drug-likeness (QED) is 0.280. The summed E-state index contributed by atoms with van der Waals surface area (Å²) < 4.78 is 5.81. The van der Waals surface area contributed by atoms with Gasteiger partial charge in [-0.05, 0) is 58.4 Å². The average molecular weight is 387 g/mol. The minimum atomic E-state index is 0.543. The van der Waals surface area contributed by atoms with E-state index < -0.39 is 0 Å². The molecule has 0 radical (unpaired) electrons. The van der Waals surface area contributed by atoms with Gasteiger partial charge in [0.15, 0.2) is 5.75 Å². The fraction of sp³-hybridized carbons (Fsp3) is 0.720. The van der Waals surface area contributed by atoms with Crippen molar-refractivity contribution >= 4 is 5.69 Å². The third kappa shape index (κ3) is 8.24. The molecule has 0 saturated heterocycles. The van der Waals surface area contributed by atoms with Crippen LogP contribution in [0.1, 0.15) is 103 Å². The normalized spacial score (nSPS) is 16.8. The monoisotopic (exact) mass is 386 g/mol. The first kappa shape index (κ1) is 22.8. The Balaban J connectivity index is 1.64. The Labute approximate surface area is 173 Å². The molecule has 0 aromatic carbocycles. The summed E-state index contributed by atoms with van der Waals surface area (Å²) in [4.78, 5) is 4.36. The molecule has 3 heteroatoms. The number of ether oxygens (including phenoxy) is 1. The lowest BCUT2D eigenvalue weighted by molar-refractivity contribution is 0.337. The van der Waals surface area contributed by atoms with E-state index in [4.69, 9.17) is 4.74 Å². The third-order valence-electron chi connectivity index (χ3n) is 5.85. The van der Waals surface area contributed by atoms with E-state index in [9.17, 15) is 0 Å². The molecular weight excluding hydrogens is 344 g/mol. The Hall–Kier alpha value is -1.51. The van der Waals surface area contributed by atoms with Gasteiger partial charge in [-0.2, -0.15) is 0 Å². The molecule has 1 aliphatic rings. The molecule has 2 rings (SSSR count). The van der Waals surface area contributed by atoms with Crippen molar-refractivity contribution < 1.29 is 4.74 Å². The van der Waals surface area contributed by atoms with Gasteiger partial charge < -0.3 is 10.1 Å². The predicted molar refractivity (Wildman–Crippen MR) is 121 cm³/mol. The van der Waals surface area contributed by atoms with Crippen molar-refractivity contribution in [1.29, 1.82) is 0 Å². The molecule has 1 N–H and O–H groups in total. The van der Waals surface area contributed by atoms with Crippen LogP contribution in [0.4, 0.5) is 5.69 Å². The Kier molecular flexibility index (Phi) is 11.1. The minimum Gasteiger partial charge on any atom is -0.490 e. The van der Waals surface area contributed by atoms with E-state index in [0.717, 1.165) is 17.1 Å². The first-order valence-corrected chi connectivity index (χ1v) is 11.8. The number of rotatable bonds is 13. The van der Waals surface area contributed by atoms with Crippen molar-refractivity contribution in [3.8, 4) is 5.75 Å². The highest BCUT2D eigenvalue weighted by molar-refractivity contribution is 5.58. The van der Waals surface area contributed by atoms with E-state index in [1.807, 2.05) is 26.1 Å². The van der Waals surface area contributed by atoms with Crippen molar-refractivity contribution in [2.24, 2.45) is 0 Å². The van der Waals surface area contributed by atoms with Crippen molar-refractivity contribution in [2.45, 2.75) is 110 Å². The topological polar surface area (TPSA) is 34.2 Å². The molecule has 0 bridgehead atoms. The number of aromatic nitrogens is 1. The summed E-state index contributed by atoms with van der Waals surface area (Å²) in [5.41, 5.74) is 3.75. The van der Waals surface area contributed by atoms with Gasteiger partial charge in [0.05, 0.1) is 18.0 Å². The van der Waals surface area contributed by atoms with Crippen LogP contribution in [0.15, 0.2) is 23.9 Å². The molecule has 1 aromatic heterocycles. The molecule has 0 aliphatic heterocycles. The van der Waals surface area contributed by atoms with Crippen LogP contribution in [0, 0.1) is 6.92 Å². The standard InChI is InChI=1S/C25H42N2O/c1-4-6-7-8-9-10-11-12-13-14-22-15-17-23(18-16-22)27-24-19-20-26-21(3)25(24)28-5-2/h14,19-20,23H,4-13,15-18H2,1-3H3,(H,26,27). The number of anilines is 1. The maximum Gasteiger partial charge on any atom is 0.163 e. The Morgan fingerprint density at radius 3 is 2.39 bits per heavy atom. The summed E-state index contributed by atoms with van der Waals surface area (Å²) in [5.74, 6) is 0.918. The van der Waals surface area contributed by atoms with Crippen LogP contribution in [-0.4, -0.2) is 17.6 Å². The lowest BCUT2D eigenvalue weighted by Crippen LogP contribution is -2.23. The molecular formula is C25H42N2O. The Morgan fingerprint density at radius 2 is 1.71 bits per heavy atom. The van der Waals surface area contributed by atoms with Gasteiger partial charge >= 0.3 is 0 Å². The molecule has 0 unspecified atom stereocenters. The average Bonchev–Trinajstić information content (AvgIpc) is 2.70. The summed E-state index contributed by atoms with van der Waals surface area (Å²) in [6.07, 6.45) is 21.9. The molecule has 1 heterocycles. The van der Waals surface area contributed by atoms with Gasteiger partial charge in [-0.3, -0.25) is 4.98 Å². The van der Waals surface area contributed by atoms with Gasteiger partial charge in [-0.25, -0.2) is 0 Å². The molecule has 1 saturated carbocycles. The molecule has 158 valence electrons. The maximum absolute atomic E-state index is 5.81. The molecule has 3 nitrogen and oxygen atoms in total. The molecule has 1 aliphatic carbocycles. The number of nitrogens with zero attached hydrogens (tertiary/aromatic N) is 1. The van der Waals surface area contributed by atoms with Crippen LogP contribution in [0.3, 0.4) is 0 Å². The zero-order chi connectivity index (χ0) is 20.0. The number of hydrogen-bond donors (Lipinski definition) is 1. The van der Waals surface area contributed by atoms with Gasteiger partial charge in [0, 0.05) is 12.2 Å². The van der Waals surface area contributed by atoms with E-state index in [1.54, 1.807) is 5.57 Å². The van der Waals surface area contributed by atoms with Crippen molar-refractivity contribution in [3.63, 3.8) is 0 Å². The van der Waals surface area contributed by atoms with Crippen LogP contribution in [0.5, 0.6) is 5.75 Å². The predicted octanol–water partition coefficient (Wildman–Crippen LogP) is 7.60. The largest absolute Gasteiger partial charge is 0.490 e. The highest BCUT2D eigenvalue weighted by Crippen LogP contribution is 2.31. The van der Waals surface area contributed by atoms with Gasteiger partial charge in [0.2, 0.25) is 0 Å². The second kappa shape index (κ2) is 13.6. The third-order valence-corrected chi connectivity index (χ3v) is 5.85. The van der Waals surface area contributed by atoms with Crippen LogP contribution in [0.25, 0.3) is 0 Å². The van der Waals surface area contributed by atoms with E-state index in [0.29, 0.717) is 12.6 Å². The first-order chi connectivity index (χ1) is 13.7. The number of aryl methyl sites for hydroxylation is 1. The molecule has 1 aromatic rings. The highest BCUT2D eigenvalue weighted by atomic mass is 16.5. The lowest BCUT2D eigenvalue weighted by atomic mass is 9.89. The molecule has 1 fully saturated rings. The summed E-state index contributed by atoms with van der Waals surface area (Å²) in [5, 5.41) is 3.71. The molecule has 0 amide bonds. The summed E-state index contributed by atoms with van der Waals surface area (Å²) in [6.45, 7) is 7.01. The first-order valence-electron chi connectivity index (χ1n) is 11.8. The zero-order valence-electron chi connectivity index (χ0n) is 18.6. The second-order valence-corrected chi connectivity index (χ2v) is 8.25. The lowest BCUT2D eigenvalue weighted by Gasteiger charge is -2.27. The fourth-order valence-electron chi connectivity index (χ4n) is 4.13. The number of nitrogens with one attached hydrogen (secondary N) is 1. The van der Waals surface area contributed by atoms with Crippen LogP contribution in [-0.2, 0) is 0 Å². The van der Waals surface area contributed by atoms with E-state index in [1.165, 1.54) is 83.5 Å². The van der Waals surface area contributed by atoms with Crippen molar-refractivity contribution in [1.82, 2.24) is 4.98 Å². The van der Waals surface area contributed by atoms with Gasteiger partial charge in [0.1, 0.15) is 0 Å². The van der Waals surface area contributed by atoms with Gasteiger partial charge in [0.25, 0.3) is 0 Å². The highest BCUT2D eigenvalue weighted by Gasteiger charge is 2.18. The maximum atomic E-state index is 5.81. The number of pyridine rings is 1. The van der Waals surface area contributed by atoms with E-state index >= 15 is 0 Å². The summed E-state index contributed by atoms with van der Waals surface area (Å²) in [6, 6.07) is 2.59. The van der Waals surface area contributed by atoms with Crippen LogP contribution >= 0.6 is 0 Å². The van der Waals surface area contributed by atoms with Gasteiger partial charge in [-0.1, -0.05) is 63.5 Å². The summed E-state index contributed by atoms with van der Waals surface area (Å²) in [7, 11) is 0. The van der Waals surface area contributed by atoms with Crippen molar-refractivity contribution in [3.05, 3.63) is 29.6 Å². The molecule has 0 atom stereocenters. The molecule has 0 spiro atoms. The number of allylic oxidation sites excluding steroid dienone is 2. The number of hydrogen-bond acceptors (Lipinski definition) is 3. The molecule has 28 heavy (non-hydrogen) atoms. The van der Waals surface area contributed by atoms with Crippen LogP contribution in [0.2, 0.25) is 0 Å². The van der Waals surface area contributed by atoms with Gasteiger partial charge in [-0.15, -0.1) is 0 Å². The van der Waals surface area contributed by atoms with E-state index in [-0.39, 0.29) is 0 Å². The number of unbranched alkanes of at least 4 members (excludes halogenated alkanes) is 8. The zero-order valence-corrected chi connectivity index (χ0v) is 18.6. The fourth-order valence-corrected chi connectivity index (χ4v) is 4.13. The Morgan fingerprint density at radius 1 is 1.04 bits per heavy atom. The smallest absolute Gasteiger partial charge is 0.163 e. The van der Waals surface area contributed by atoms with E-state index in [2.05, 4.69) is 23.3 Å². The SMILES string of the molecule is CCCCCCCCCCC=C1CCC(Nc2ccnc(C)c2OCC)CC1. The Bertz CT molecular complexity index is 572.